The minimum absolute atomic E-state index is 0.0423. The summed E-state index contributed by atoms with van der Waals surface area (Å²) in [6.07, 6.45) is 40.1. The number of phosphoric acid groups is 1. The molecule has 0 amide bonds. The average Bonchev–Trinajstić information content (AvgIpc) is 3.10. The molecule has 0 aromatic rings. The number of hydrogen-bond donors (Lipinski definition) is 2. The van der Waals surface area contributed by atoms with Crippen molar-refractivity contribution in [2.75, 3.05) is 26.4 Å². The standard InChI is InChI=1S/C40H72NO8P/c1-3-5-7-9-11-13-15-17-18-19-20-21-23-25-27-29-31-33-40(43)49-38(37-48-50(44,45)47-35-34-41)36-46-39(42)32-30-28-26-24-22-16-14-12-10-8-6-4-2/h13,15,18-19,21,23,27,29,38H,3-12,14,16-17,20,22,24-26,28,30-37,41H2,1-2H3,(H,44,45)/b15-13-,19-18-,23-21-,29-27-. The van der Waals surface area contributed by atoms with Gasteiger partial charge >= 0.3 is 19.8 Å². The Hall–Kier alpha value is -2.03. The molecule has 2 unspecified atom stereocenters. The highest BCUT2D eigenvalue weighted by atomic mass is 31.2. The normalized spacial score (nSPS) is 13.9. The van der Waals surface area contributed by atoms with Gasteiger partial charge in [0.05, 0.1) is 13.2 Å². The number of hydrogen-bond acceptors (Lipinski definition) is 8. The predicted octanol–water partition coefficient (Wildman–Crippen LogP) is 10.8. The summed E-state index contributed by atoms with van der Waals surface area (Å²) >= 11 is 0. The van der Waals surface area contributed by atoms with Crippen molar-refractivity contribution in [3.05, 3.63) is 48.6 Å². The zero-order chi connectivity index (χ0) is 36.8. The molecule has 0 spiro atoms. The summed E-state index contributed by atoms with van der Waals surface area (Å²) in [5, 5.41) is 0. The molecule has 0 saturated carbocycles. The van der Waals surface area contributed by atoms with Crippen molar-refractivity contribution in [1.82, 2.24) is 0 Å². The van der Waals surface area contributed by atoms with Gasteiger partial charge < -0.3 is 20.1 Å². The van der Waals surface area contributed by atoms with Crippen LogP contribution in [0.1, 0.15) is 162 Å². The molecule has 0 aliphatic carbocycles. The average molecular weight is 726 g/mol. The Balaban J connectivity index is 4.34. The molecule has 0 saturated heterocycles. The Morgan fingerprint density at radius 1 is 0.600 bits per heavy atom. The van der Waals surface area contributed by atoms with Crippen molar-refractivity contribution in [1.29, 1.82) is 0 Å². The van der Waals surface area contributed by atoms with Gasteiger partial charge in [0.2, 0.25) is 0 Å². The lowest BCUT2D eigenvalue weighted by Crippen LogP contribution is -2.29. The van der Waals surface area contributed by atoms with Crippen LogP contribution in [-0.2, 0) is 32.7 Å². The van der Waals surface area contributed by atoms with E-state index in [-0.39, 0.29) is 32.6 Å². The van der Waals surface area contributed by atoms with Gasteiger partial charge in [0.1, 0.15) is 6.61 Å². The van der Waals surface area contributed by atoms with Crippen LogP contribution < -0.4 is 5.73 Å². The second-order valence-electron chi connectivity index (χ2n) is 12.8. The van der Waals surface area contributed by atoms with Gasteiger partial charge in [0, 0.05) is 19.4 Å². The smallest absolute Gasteiger partial charge is 0.462 e. The molecule has 9 nitrogen and oxygen atoms in total. The van der Waals surface area contributed by atoms with E-state index >= 15 is 0 Å². The van der Waals surface area contributed by atoms with Gasteiger partial charge in [-0.3, -0.25) is 18.6 Å². The van der Waals surface area contributed by atoms with Crippen LogP contribution in [0.4, 0.5) is 0 Å². The fourth-order valence-electron chi connectivity index (χ4n) is 5.05. The Kier molecular flexibility index (Phi) is 35.3. The van der Waals surface area contributed by atoms with Crippen LogP contribution in [0.15, 0.2) is 48.6 Å². The van der Waals surface area contributed by atoms with Gasteiger partial charge in [-0.1, -0.05) is 152 Å². The summed E-state index contributed by atoms with van der Waals surface area (Å²) in [6, 6.07) is 0. The third-order valence-electron chi connectivity index (χ3n) is 7.98. The molecule has 0 radical (unpaired) electrons. The fourth-order valence-corrected chi connectivity index (χ4v) is 5.82. The molecule has 0 aromatic carbocycles. The van der Waals surface area contributed by atoms with Crippen LogP contribution in [0.25, 0.3) is 0 Å². The topological polar surface area (TPSA) is 134 Å². The summed E-state index contributed by atoms with van der Waals surface area (Å²) in [5.74, 6) is -0.923. The predicted molar refractivity (Wildman–Crippen MR) is 206 cm³/mol. The molecule has 0 heterocycles. The van der Waals surface area contributed by atoms with Crippen molar-refractivity contribution in [3.63, 3.8) is 0 Å². The number of carbonyl (C=O) groups is 2. The van der Waals surface area contributed by atoms with Crippen molar-refractivity contribution in [3.8, 4) is 0 Å². The lowest BCUT2D eigenvalue weighted by atomic mass is 10.0. The van der Waals surface area contributed by atoms with E-state index in [9.17, 15) is 19.0 Å². The molecule has 290 valence electrons. The van der Waals surface area contributed by atoms with Gasteiger partial charge in [-0.25, -0.2) is 4.57 Å². The number of ether oxygens (including phenoxy) is 2. The SMILES string of the molecule is CCCCCC/C=C\C/C=C\C/C=C\C/C=C\CCC(=O)OC(COC(=O)CCCCCCCCCCCCCC)COP(=O)(O)OCCN. The van der Waals surface area contributed by atoms with Gasteiger partial charge in [-0.15, -0.1) is 0 Å². The van der Waals surface area contributed by atoms with E-state index in [0.717, 1.165) is 38.5 Å². The Bertz CT molecular complexity index is 965. The summed E-state index contributed by atoms with van der Waals surface area (Å²) < 4.78 is 32.6. The van der Waals surface area contributed by atoms with Crippen LogP contribution in [0.5, 0.6) is 0 Å². The van der Waals surface area contributed by atoms with Crippen LogP contribution in [0.3, 0.4) is 0 Å². The molecule has 0 aliphatic heterocycles. The summed E-state index contributed by atoms with van der Waals surface area (Å²) in [5.41, 5.74) is 5.33. The zero-order valence-corrected chi connectivity index (χ0v) is 32.5. The van der Waals surface area contributed by atoms with Gasteiger partial charge in [0.15, 0.2) is 6.10 Å². The molecule has 10 heteroatoms. The molecule has 0 aromatic heterocycles. The van der Waals surface area contributed by atoms with Crippen molar-refractivity contribution >= 4 is 19.8 Å². The second kappa shape index (κ2) is 36.8. The number of nitrogens with two attached hydrogens (primary N) is 1. The molecule has 0 rings (SSSR count). The number of allylic oxidation sites excluding steroid dienone is 8. The van der Waals surface area contributed by atoms with Crippen molar-refractivity contribution < 1.29 is 37.6 Å². The number of carbonyl (C=O) groups excluding carboxylic acids is 2. The first-order chi connectivity index (χ1) is 24.3. The van der Waals surface area contributed by atoms with E-state index < -0.39 is 32.5 Å². The van der Waals surface area contributed by atoms with Crippen molar-refractivity contribution in [2.45, 2.75) is 168 Å². The summed E-state index contributed by atoms with van der Waals surface area (Å²) in [4.78, 5) is 34.7. The van der Waals surface area contributed by atoms with E-state index in [2.05, 4.69) is 50.3 Å². The monoisotopic (exact) mass is 725 g/mol. The lowest BCUT2D eigenvalue weighted by molar-refractivity contribution is -0.161. The van der Waals surface area contributed by atoms with Crippen LogP contribution >= 0.6 is 7.82 Å². The van der Waals surface area contributed by atoms with Gasteiger partial charge in [0.25, 0.3) is 0 Å². The maximum Gasteiger partial charge on any atom is 0.472 e. The largest absolute Gasteiger partial charge is 0.472 e. The molecule has 0 bridgehead atoms. The van der Waals surface area contributed by atoms with E-state index in [1.165, 1.54) is 89.9 Å². The number of rotatable bonds is 36. The highest BCUT2D eigenvalue weighted by Gasteiger charge is 2.25. The van der Waals surface area contributed by atoms with E-state index in [0.29, 0.717) is 6.42 Å². The number of phosphoric ester groups is 1. The zero-order valence-electron chi connectivity index (χ0n) is 31.6. The first-order valence-corrected chi connectivity index (χ1v) is 21.1. The molecular weight excluding hydrogens is 653 g/mol. The fraction of sp³-hybridized carbons (Fsp3) is 0.750. The lowest BCUT2D eigenvalue weighted by Gasteiger charge is -2.19. The van der Waals surface area contributed by atoms with E-state index in [1.807, 2.05) is 12.2 Å². The Morgan fingerprint density at radius 2 is 1.08 bits per heavy atom. The van der Waals surface area contributed by atoms with Crippen LogP contribution in [-0.4, -0.2) is 49.3 Å². The van der Waals surface area contributed by atoms with Gasteiger partial charge in [-0.2, -0.15) is 0 Å². The highest BCUT2D eigenvalue weighted by Crippen LogP contribution is 2.43. The first kappa shape index (κ1) is 48.0. The van der Waals surface area contributed by atoms with Crippen LogP contribution in [0.2, 0.25) is 0 Å². The number of unbranched alkanes of at least 4 members (excludes halogenated alkanes) is 15. The van der Waals surface area contributed by atoms with Crippen molar-refractivity contribution in [2.24, 2.45) is 5.73 Å². The summed E-state index contributed by atoms with van der Waals surface area (Å²) in [7, 11) is -4.39. The molecular formula is C40H72NO8P. The van der Waals surface area contributed by atoms with Crippen LogP contribution in [0, 0.1) is 0 Å². The molecule has 0 aliphatic rings. The highest BCUT2D eigenvalue weighted by molar-refractivity contribution is 7.47. The second-order valence-corrected chi connectivity index (χ2v) is 14.3. The van der Waals surface area contributed by atoms with E-state index in [4.69, 9.17) is 24.3 Å². The summed E-state index contributed by atoms with van der Waals surface area (Å²) in [6.45, 7) is 3.61. The van der Waals surface area contributed by atoms with E-state index in [1.54, 1.807) is 0 Å². The Morgan fingerprint density at radius 3 is 1.62 bits per heavy atom. The Labute approximate surface area is 305 Å². The van der Waals surface area contributed by atoms with Gasteiger partial charge in [-0.05, 0) is 44.9 Å². The maximum atomic E-state index is 12.5. The maximum absolute atomic E-state index is 12.5. The number of esters is 2. The molecule has 0 fully saturated rings. The first-order valence-electron chi connectivity index (χ1n) is 19.6. The minimum Gasteiger partial charge on any atom is -0.462 e. The third-order valence-corrected chi connectivity index (χ3v) is 8.97. The molecule has 3 N–H and O–H groups in total. The molecule has 50 heavy (non-hydrogen) atoms. The third kappa shape index (κ3) is 35.8. The molecule has 2 atom stereocenters. The minimum atomic E-state index is -4.39. The quantitative estimate of drug-likeness (QED) is 0.0280.